The van der Waals surface area contributed by atoms with Crippen LogP contribution in [0.2, 0.25) is 0 Å². The second kappa shape index (κ2) is 7.89. The predicted molar refractivity (Wildman–Crippen MR) is 91.9 cm³/mol. The lowest BCUT2D eigenvalue weighted by Crippen LogP contribution is -2.26. The molecule has 0 heterocycles. The van der Waals surface area contributed by atoms with Crippen LogP contribution in [0.15, 0.2) is 54.6 Å². The maximum Gasteiger partial charge on any atom is 0.307 e. The molecule has 0 amide bonds. The summed E-state index contributed by atoms with van der Waals surface area (Å²) in [5.41, 5.74) is 1.03. The molecule has 0 aliphatic carbocycles. The normalized spacial score (nSPS) is 12.5. The van der Waals surface area contributed by atoms with E-state index >= 15 is 0 Å². The largest absolute Gasteiger partial charge is 0.481 e. The van der Waals surface area contributed by atoms with Gasteiger partial charge in [-0.2, -0.15) is 0 Å². The summed E-state index contributed by atoms with van der Waals surface area (Å²) in [6.07, 6.45) is -0.0126. The number of nitro benzene ring substituents is 1. The van der Waals surface area contributed by atoms with E-state index in [1.54, 1.807) is 30.3 Å². The Morgan fingerprint density at radius 2 is 1.64 bits per heavy atom. The van der Waals surface area contributed by atoms with Crippen molar-refractivity contribution in [1.82, 2.24) is 0 Å². The Morgan fingerprint density at radius 1 is 1.04 bits per heavy atom. The van der Waals surface area contributed by atoms with Gasteiger partial charge in [0.1, 0.15) is 0 Å². The molecule has 1 atom stereocenters. The summed E-state index contributed by atoms with van der Waals surface area (Å²) in [6, 6.07) is 14.0. The van der Waals surface area contributed by atoms with Crippen LogP contribution < -0.4 is 0 Å². The van der Waals surface area contributed by atoms with Crippen molar-refractivity contribution in [2.24, 2.45) is 5.92 Å². The van der Waals surface area contributed by atoms with Crippen molar-refractivity contribution in [2.75, 3.05) is 5.75 Å². The van der Waals surface area contributed by atoms with Gasteiger partial charge in [-0.15, -0.1) is 0 Å². The van der Waals surface area contributed by atoms with E-state index in [2.05, 4.69) is 0 Å². The smallest absolute Gasteiger partial charge is 0.307 e. The van der Waals surface area contributed by atoms with Gasteiger partial charge < -0.3 is 5.11 Å². The molecule has 0 fully saturated rings. The Morgan fingerprint density at radius 3 is 2.16 bits per heavy atom. The van der Waals surface area contributed by atoms with Crippen molar-refractivity contribution in [3.8, 4) is 0 Å². The zero-order chi connectivity index (χ0) is 18.4. The van der Waals surface area contributed by atoms with Crippen molar-refractivity contribution in [2.45, 2.75) is 12.2 Å². The Labute approximate surface area is 145 Å². The van der Waals surface area contributed by atoms with Gasteiger partial charge in [0.05, 0.1) is 22.3 Å². The Bertz CT molecular complexity index is 846. The van der Waals surface area contributed by atoms with Gasteiger partial charge in [0.15, 0.2) is 9.84 Å². The number of benzene rings is 2. The Balaban J connectivity index is 2.10. The molecule has 0 aliphatic heterocycles. The maximum absolute atomic E-state index is 12.3. The first-order chi connectivity index (χ1) is 11.8. The zero-order valence-corrected chi connectivity index (χ0v) is 14.1. The average Bonchev–Trinajstić information content (AvgIpc) is 2.55. The first-order valence-corrected chi connectivity index (χ1v) is 9.29. The van der Waals surface area contributed by atoms with E-state index in [4.69, 9.17) is 0 Å². The van der Waals surface area contributed by atoms with Gasteiger partial charge in [0, 0.05) is 12.1 Å². The minimum absolute atomic E-state index is 0.0126. The lowest BCUT2D eigenvalue weighted by atomic mass is 10.0. The second-order valence-electron chi connectivity index (χ2n) is 5.70. The molecule has 0 saturated carbocycles. The fourth-order valence-corrected chi connectivity index (χ4v) is 4.14. The van der Waals surface area contributed by atoms with Gasteiger partial charge in [0.2, 0.25) is 0 Å². The molecule has 2 aromatic rings. The molecule has 25 heavy (non-hydrogen) atoms. The number of nitrogens with zero attached hydrogens (tertiary/aromatic N) is 1. The number of carboxylic acid groups (broad SMARTS) is 1. The number of carbonyl (C=O) groups is 1. The van der Waals surface area contributed by atoms with E-state index in [0.717, 1.165) is 0 Å². The molecule has 1 N–H and O–H groups in total. The summed E-state index contributed by atoms with van der Waals surface area (Å²) in [5.74, 6) is -3.04. The molecule has 2 rings (SSSR count). The summed E-state index contributed by atoms with van der Waals surface area (Å²) in [5, 5.41) is 20.0. The zero-order valence-electron chi connectivity index (χ0n) is 13.2. The number of non-ortho nitro benzene ring substituents is 1. The van der Waals surface area contributed by atoms with Crippen molar-refractivity contribution in [3.63, 3.8) is 0 Å². The number of nitro groups is 1. The van der Waals surface area contributed by atoms with Crippen LogP contribution in [0.25, 0.3) is 0 Å². The fraction of sp³-hybridized carbons (Fsp3) is 0.235. The van der Waals surface area contributed by atoms with E-state index < -0.39 is 32.4 Å². The molecule has 7 nitrogen and oxygen atoms in total. The molecule has 0 bridgehead atoms. The third kappa shape index (κ3) is 5.68. The number of rotatable bonds is 8. The van der Waals surface area contributed by atoms with E-state index in [9.17, 15) is 28.4 Å². The molecule has 0 unspecified atom stereocenters. The third-order valence-corrected chi connectivity index (χ3v) is 5.35. The molecule has 0 radical (unpaired) electrons. The predicted octanol–water partition coefficient (Wildman–Crippen LogP) is 2.45. The van der Waals surface area contributed by atoms with Crippen LogP contribution >= 0.6 is 0 Å². The molecular weight excluding hydrogens is 346 g/mol. The summed E-state index contributed by atoms with van der Waals surface area (Å²) < 4.78 is 24.6. The molecule has 2 aromatic carbocycles. The monoisotopic (exact) mass is 363 g/mol. The van der Waals surface area contributed by atoms with E-state index in [-0.39, 0.29) is 17.9 Å². The van der Waals surface area contributed by atoms with Crippen LogP contribution in [0, 0.1) is 16.0 Å². The van der Waals surface area contributed by atoms with Crippen LogP contribution in [-0.2, 0) is 26.8 Å². The minimum atomic E-state index is -3.61. The van der Waals surface area contributed by atoms with Crippen molar-refractivity contribution in [3.05, 3.63) is 75.8 Å². The van der Waals surface area contributed by atoms with Crippen molar-refractivity contribution >= 4 is 21.5 Å². The average molecular weight is 363 g/mol. The summed E-state index contributed by atoms with van der Waals surface area (Å²) in [6.45, 7) is 0. The molecule has 0 spiro atoms. The number of sulfone groups is 1. The van der Waals surface area contributed by atoms with Crippen molar-refractivity contribution in [1.29, 1.82) is 0 Å². The molecule has 0 aromatic heterocycles. The number of carboxylic acids is 1. The van der Waals surface area contributed by atoms with Gasteiger partial charge in [0.25, 0.3) is 5.69 Å². The molecule has 0 saturated heterocycles. The number of aliphatic carboxylic acids is 1. The molecule has 132 valence electrons. The van der Waals surface area contributed by atoms with Gasteiger partial charge in [-0.05, 0) is 17.5 Å². The highest BCUT2D eigenvalue weighted by molar-refractivity contribution is 7.90. The molecule has 8 heteroatoms. The lowest BCUT2D eigenvalue weighted by Gasteiger charge is -2.13. The second-order valence-corrected chi connectivity index (χ2v) is 7.81. The highest BCUT2D eigenvalue weighted by Crippen LogP contribution is 2.18. The highest BCUT2D eigenvalue weighted by atomic mass is 32.2. The molecule has 0 aliphatic rings. The summed E-state index contributed by atoms with van der Waals surface area (Å²) in [7, 11) is -3.61. The van der Waals surface area contributed by atoms with Gasteiger partial charge in [-0.1, -0.05) is 42.5 Å². The standard InChI is InChI=1S/C17H17NO6S/c19-17(20)15(10-13-6-8-16(9-7-13)18(21)22)12-25(23,24)11-14-4-2-1-3-5-14/h1-9,15H,10-12H2,(H,19,20)/t15-/m0/s1. The highest BCUT2D eigenvalue weighted by Gasteiger charge is 2.26. The van der Waals surface area contributed by atoms with Gasteiger partial charge in [-0.25, -0.2) is 8.42 Å². The van der Waals surface area contributed by atoms with Crippen molar-refractivity contribution < 1.29 is 23.2 Å². The summed E-state index contributed by atoms with van der Waals surface area (Å²) >= 11 is 0. The first-order valence-electron chi connectivity index (χ1n) is 7.47. The van der Waals surface area contributed by atoms with Crippen LogP contribution in [0.5, 0.6) is 0 Å². The number of hydrogen-bond acceptors (Lipinski definition) is 5. The summed E-state index contributed by atoms with van der Waals surface area (Å²) in [4.78, 5) is 21.5. The number of hydrogen-bond donors (Lipinski definition) is 1. The van der Waals surface area contributed by atoms with Gasteiger partial charge in [-0.3, -0.25) is 14.9 Å². The minimum Gasteiger partial charge on any atom is -0.481 e. The fourth-order valence-electron chi connectivity index (χ4n) is 2.45. The van der Waals surface area contributed by atoms with E-state index in [1.165, 1.54) is 24.3 Å². The van der Waals surface area contributed by atoms with Crippen LogP contribution in [0.1, 0.15) is 11.1 Å². The quantitative estimate of drug-likeness (QED) is 0.569. The lowest BCUT2D eigenvalue weighted by molar-refractivity contribution is -0.384. The SMILES string of the molecule is O=C(O)[C@@H](Cc1ccc([N+](=O)[O-])cc1)CS(=O)(=O)Cc1ccccc1. The van der Waals surface area contributed by atoms with E-state index in [1.807, 2.05) is 0 Å². The van der Waals surface area contributed by atoms with Crippen LogP contribution in [0.3, 0.4) is 0 Å². The van der Waals surface area contributed by atoms with E-state index in [0.29, 0.717) is 11.1 Å². The Kier molecular flexibility index (Phi) is 5.87. The molecular formula is C17H17NO6S. The first kappa shape index (κ1) is 18.6. The Hall–Kier alpha value is -2.74. The van der Waals surface area contributed by atoms with Crippen LogP contribution in [-0.4, -0.2) is 30.2 Å². The maximum atomic E-state index is 12.3. The third-order valence-electron chi connectivity index (χ3n) is 3.66. The topological polar surface area (TPSA) is 115 Å². The van der Waals surface area contributed by atoms with Crippen LogP contribution in [0.4, 0.5) is 5.69 Å². The van der Waals surface area contributed by atoms with Gasteiger partial charge >= 0.3 is 5.97 Å².